The van der Waals surface area contributed by atoms with E-state index >= 15 is 0 Å². The molecule has 3 heteroatoms. The lowest BCUT2D eigenvalue weighted by Gasteiger charge is -2.14. The van der Waals surface area contributed by atoms with Gasteiger partial charge in [0.1, 0.15) is 0 Å². The van der Waals surface area contributed by atoms with Crippen LogP contribution in [0.1, 0.15) is 54.5 Å². The minimum Gasteiger partial charge on any atom is -0.398 e. The first-order valence-corrected chi connectivity index (χ1v) is 14.6. The van der Waals surface area contributed by atoms with E-state index < -0.39 is 0 Å². The fraction of sp³-hybridized carbons (Fsp3) is 0.128. The van der Waals surface area contributed by atoms with Gasteiger partial charge < -0.3 is 5.73 Å². The van der Waals surface area contributed by atoms with E-state index in [1.165, 1.54) is 27.5 Å². The number of rotatable bonds is 7. The third-order valence-corrected chi connectivity index (χ3v) is 7.82. The maximum absolute atomic E-state index is 6.85. The molecule has 1 unspecified atom stereocenters. The van der Waals surface area contributed by atoms with Crippen molar-refractivity contribution in [1.82, 2.24) is 4.98 Å². The van der Waals surface area contributed by atoms with E-state index in [-0.39, 0.29) is 6.04 Å². The molecule has 1 heterocycles. The Morgan fingerprint density at radius 2 is 1.67 bits per heavy atom. The first-order valence-electron chi connectivity index (χ1n) is 14.6. The molecule has 0 amide bonds. The summed E-state index contributed by atoms with van der Waals surface area (Å²) < 4.78 is 0. The van der Waals surface area contributed by atoms with Crippen molar-refractivity contribution in [3.63, 3.8) is 0 Å². The molecule has 2 aliphatic carbocycles. The van der Waals surface area contributed by atoms with Crippen LogP contribution in [0.3, 0.4) is 0 Å². The van der Waals surface area contributed by atoms with Crippen LogP contribution in [0.5, 0.6) is 0 Å². The fourth-order valence-electron chi connectivity index (χ4n) is 5.56. The van der Waals surface area contributed by atoms with E-state index in [0.717, 1.165) is 47.2 Å². The molecule has 206 valence electrons. The Morgan fingerprint density at radius 3 is 2.48 bits per heavy atom. The van der Waals surface area contributed by atoms with Crippen molar-refractivity contribution < 1.29 is 0 Å². The predicted molar refractivity (Wildman–Crippen MR) is 178 cm³/mol. The Balaban J connectivity index is 1.40. The van der Waals surface area contributed by atoms with Gasteiger partial charge in [0.2, 0.25) is 0 Å². The zero-order chi connectivity index (χ0) is 28.7. The molecule has 4 aromatic rings. The summed E-state index contributed by atoms with van der Waals surface area (Å²) in [6.45, 7) is 2.16. The maximum atomic E-state index is 6.85. The number of nitrogens with zero attached hydrogens (tertiary/aromatic N) is 2. The van der Waals surface area contributed by atoms with Crippen molar-refractivity contribution in [2.45, 2.75) is 32.2 Å². The molecule has 2 aliphatic rings. The summed E-state index contributed by atoms with van der Waals surface area (Å²) in [5.74, 6) is 0. The molecule has 0 fully saturated rings. The number of aromatic nitrogens is 1. The Bertz CT molecular complexity index is 1790. The minimum atomic E-state index is -0.0647. The van der Waals surface area contributed by atoms with Gasteiger partial charge in [-0.2, -0.15) is 0 Å². The number of pyridine rings is 1. The van der Waals surface area contributed by atoms with Crippen LogP contribution in [0.25, 0.3) is 21.9 Å². The van der Waals surface area contributed by atoms with Crippen molar-refractivity contribution in [2.24, 2.45) is 10.7 Å². The summed E-state index contributed by atoms with van der Waals surface area (Å²) in [7, 11) is 0. The van der Waals surface area contributed by atoms with E-state index in [1.54, 1.807) is 6.20 Å². The quantitative estimate of drug-likeness (QED) is 0.235. The molecular weight excluding hydrogens is 510 g/mol. The number of benzene rings is 3. The van der Waals surface area contributed by atoms with Crippen LogP contribution in [-0.4, -0.2) is 10.7 Å². The van der Waals surface area contributed by atoms with Crippen LogP contribution < -0.4 is 5.73 Å². The van der Waals surface area contributed by atoms with Gasteiger partial charge in [-0.25, -0.2) is 0 Å². The number of hydrogen-bond acceptors (Lipinski definition) is 3. The molecule has 1 aromatic heterocycles. The molecular formula is C39H35N3. The Morgan fingerprint density at radius 1 is 0.833 bits per heavy atom. The third kappa shape index (κ3) is 6.16. The highest BCUT2D eigenvalue weighted by Crippen LogP contribution is 2.29. The van der Waals surface area contributed by atoms with Crippen LogP contribution in [-0.2, 0) is 0 Å². The lowest BCUT2D eigenvalue weighted by molar-refractivity contribution is 0.830. The zero-order valence-corrected chi connectivity index (χ0v) is 23.9. The van der Waals surface area contributed by atoms with E-state index in [4.69, 9.17) is 10.7 Å². The van der Waals surface area contributed by atoms with Gasteiger partial charge in [-0.3, -0.25) is 9.98 Å². The normalized spacial score (nSPS) is 16.5. The SMILES string of the molecule is CC(N=C(/C=C(\N)C1=CCC=CC(c2cccnc2)=C1)c1ccc(C2=CCCC=C2)cc1)c1cccc2ccccc12. The first-order chi connectivity index (χ1) is 20.7. The second-order valence-electron chi connectivity index (χ2n) is 10.7. The second-order valence-corrected chi connectivity index (χ2v) is 10.7. The summed E-state index contributed by atoms with van der Waals surface area (Å²) >= 11 is 0. The number of hydrogen-bond donors (Lipinski definition) is 1. The standard InChI is InChI=1S/C39H35N3/c1-28(36-19-9-16-31-13-7-8-18-37(31)36)42-39(32-22-20-30(21-23-32)29-11-3-2-4-12-29)26-38(40)34-15-6-5-14-33(25-34)35-17-10-24-41-27-35/h3,5,7-28H,2,4,6,40H2,1H3/b38-26-,42-39?. The minimum absolute atomic E-state index is 0.0647. The van der Waals surface area contributed by atoms with Gasteiger partial charge >= 0.3 is 0 Å². The number of nitrogens with two attached hydrogens (primary N) is 1. The van der Waals surface area contributed by atoms with Gasteiger partial charge in [-0.1, -0.05) is 109 Å². The molecule has 0 spiro atoms. The summed E-state index contributed by atoms with van der Waals surface area (Å²) in [6.07, 6.45) is 24.1. The molecule has 0 aliphatic heterocycles. The molecule has 0 saturated heterocycles. The molecule has 0 bridgehead atoms. The average Bonchev–Trinajstić information content (AvgIpc) is 3.32. The predicted octanol–water partition coefficient (Wildman–Crippen LogP) is 9.33. The van der Waals surface area contributed by atoms with Gasteiger partial charge in [0, 0.05) is 18.1 Å². The van der Waals surface area contributed by atoms with E-state index in [1.807, 2.05) is 18.3 Å². The lowest BCUT2D eigenvalue weighted by atomic mass is 9.96. The van der Waals surface area contributed by atoms with Crippen LogP contribution in [0.15, 0.2) is 156 Å². The molecule has 0 radical (unpaired) electrons. The summed E-state index contributed by atoms with van der Waals surface area (Å²) in [6, 6.07) is 27.6. The fourth-order valence-corrected chi connectivity index (χ4v) is 5.56. The van der Waals surface area contributed by atoms with Gasteiger partial charge in [-0.05, 0) is 94.2 Å². The smallest absolute Gasteiger partial charge is 0.0734 e. The lowest BCUT2D eigenvalue weighted by Crippen LogP contribution is -2.08. The van der Waals surface area contributed by atoms with E-state index in [9.17, 15) is 0 Å². The largest absolute Gasteiger partial charge is 0.398 e. The molecule has 1 atom stereocenters. The molecule has 42 heavy (non-hydrogen) atoms. The number of aliphatic imine (C=N–C) groups is 1. The van der Waals surface area contributed by atoms with Crippen LogP contribution >= 0.6 is 0 Å². The van der Waals surface area contributed by atoms with Crippen LogP contribution in [0, 0.1) is 0 Å². The van der Waals surface area contributed by atoms with Crippen LogP contribution in [0.4, 0.5) is 0 Å². The van der Waals surface area contributed by atoms with Crippen molar-refractivity contribution in [2.75, 3.05) is 0 Å². The summed E-state index contributed by atoms with van der Waals surface area (Å²) in [5, 5.41) is 2.44. The van der Waals surface area contributed by atoms with Gasteiger partial charge in [0.05, 0.1) is 11.8 Å². The monoisotopic (exact) mass is 545 g/mol. The number of fused-ring (bicyclic) bond motifs is 1. The zero-order valence-electron chi connectivity index (χ0n) is 23.9. The van der Waals surface area contributed by atoms with Crippen molar-refractivity contribution in [3.8, 4) is 0 Å². The third-order valence-electron chi connectivity index (χ3n) is 7.82. The summed E-state index contributed by atoms with van der Waals surface area (Å²) in [4.78, 5) is 9.61. The number of allylic oxidation sites excluding steroid dienone is 10. The molecule has 0 saturated carbocycles. The highest BCUT2D eigenvalue weighted by atomic mass is 14.8. The van der Waals surface area contributed by atoms with Crippen LogP contribution in [0.2, 0.25) is 0 Å². The van der Waals surface area contributed by atoms with Gasteiger partial charge in [0.15, 0.2) is 0 Å². The van der Waals surface area contributed by atoms with Crippen molar-refractivity contribution in [3.05, 3.63) is 173 Å². The van der Waals surface area contributed by atoms with Crippen molar-refractivity contribution >= 4 is 27.6 Å². The van der Waals surface area contributed by atoms with Crippen molar-refractivity contribution in [1.29, 1.82) is 0 Å². The second kappa shape index (κ2) is 12.7. The molecule has 6 rings (SSSR count). The molecule has 2 N–H and O–H groups in total. The Kier molecular flexibility index (Phi) is 8.19. The topological polar surface area (TPSA) is 51.3 Å². The molecule has 3 aromatic carbocycles. The average molecular weight is 546 g/mol. The maximum Gasteiger partial charge on any atom is 0.0734 e. The highest BCUT2D eigenvalue weighted by molar-refractivity contribution is 6.10. The van der Waals surface area contributed by atoms with Gasteiger partial charge in [-0.15, -0.1) is 0 Å². The van der Waals surface area contributed by atoms with E-state index in [0.29, 0.717) is 5.70 Å². The Hall–Kier alpha value is -5.02. The summed E-state index contributed by atoms with van der Waals surface area (Å²) in [5.41, 5.74) is 16.3. The van der Waals surface area contributed by atoms with Gasteiger partial charge in [0.25, 0.3) is 0 Å². The first kappa shape index (κ1) is 27.2. The Labute approximate surface area is 248 Å². The van der Waals surface area contributed by atoms with E-state index in [2.05, 4.69) is 127 Å². The molecule has 3 nitrogen and oxygen atoms in total. The highest BCUT2D eigenvalue weighted by Gasteiger charge is 2.13.